The zero-order valence-electron chi connectivity index (χ0n) is 25.0. The molecule has 5 N–H and O–H groups in total. The van der Waals surface area contributed by atoms with Gasteiger partial charge < -0.3 is 31.4 Å². The van der Waals surface area contributed by atoms with E-state index in [0.29, 0.717) is 52.0 Å². The highest BCUT2D eigenvalue weighted by Gasteiger charge is 2.32. The number of anilines is 1. The zero-order valence-corrected chi connectivity index (χ0v) is 25.0. The number of piperidine rings is 1. The van der Waals surface area contributed by atoms with Crippen molar-refractivity contribution in [2.75, 3.05) is 38.0 Å². The molecule has 4 rings (SSSR count). The minimum atomic E-state index is -0.771. The van der Waals surface area contributed by atoms with Gasteiger partial charge in [0.15, 0.2) is 0 Å². The van der Waals surface area contributed by atoms with Gasteiger partial charge in [-0.05, 0) is 79.8 Å². The molecule has 0 saturated carbocycles. The Kier molecular flexibility index (Phi) is 11.6. The molecule has 0 spiro atoms. The number of para-hydroxylation sites is 1. The van der Waals surface area contributed by atoms with Crippen molar-refractivity contribution in [3.05, 3.63) is 64.7 Å². The summed E-state index contributed by atoms with van der Waals surface area (Å²) in [4.78, 5) is 46.5. The summed E-state index contributed by atoms with van der Waals surface area (Å²) in [6, 6.07) is 13.4. The van der Waals surface area contributed by atoms with Gasteiger partial charge >= 0.3 is 12.1 Å². The number of unbranched alkanes of at least 4 members (excludes halogenated alkanes) is 1. The number of hydrogen-bond acceptors (Lipinski definition) is 6. The number of carbonyl (C=O) groups is 3. The number of urea groups is 1. The van der Waals surface area contributed by atoms with Crippen LogP contribution in [0.3, 0.4) is 0 Å². The third kappa shape index (κ3) is 8.45. The summed E-state index contributed by atoms with van der Waals surface area (Å²) in [5, 5.41) is 10.4. The van der Waals surface area contributed by atoms with Crippen LogP contribution in [0, 0.1) is 0 Å². The van der Waals surface area contributed by atoms with Gasteiger partial charge in [-0.1, -0.05) is 50.2 Å². The summed E-state index contributed by atoms with van der Waals surface area (Å²) >= 11 is 0. The molecule has 2 aliphatic heterocycles. The van der Waals surface area contributed by atoms with E-state index in [2.05, 4.69) is 41.9 Å². The molecule has 0 aromatic heterocycles. The van der Waals surface area contributed by atoms with Crippen LogP contribution in [0.5, 0.6) is 0 Å². The van der Waals surface area contributed by atoms with Crippen LogP contribution in [-0.4, -0.2) is 72.8 Å². The molecule has 0 unspecified atom stereocenters. The number of carbonyl (C=O) groups excluding carboxylic acids is 3. The smallest absolute Gasteiger partial charge is 0.354 e. The van der Waals surface area contributed by atoms with Crippen LogP contribution in [0.25, 0.3) is 0 Å². The molecule has 1 saturated heterocycles. The highest BCUT2D eigenvalue weighted by atomic mass is 16.7. The van der Waals surface area contributed by atoms with E-state index in [4.69, 9.17) is 10.6 Å². The van der Waals surface area contributed by atoms with Gasteiger partial charge in [0.1, 0.15) is 6.04 Å². The molecule has 2 aromatic rings. The Bertz CT molecular complexity index is 1210. The first kappa shape index (κ1) is 31.3. The molecular weight excluding hydrogens is 532 g/mol. The van der Waals surface area contributed by atoms with E-state index in [1.54, 1.807) is 5.06 Å². The van der Waals surface area contributed by atoms with Crippen LogP contribution in [0.2, 0.25) is 0 Å². The summed E-state index contributed by atoms with van der Waals surface area (Å²) in [6.45, 7) is 6.98. The number of aryl methyl sites for hydroxylation is 2. The minimum absolute atomic E-state index is 0.0631. The summed E-state index contributed by atoms with van der Waals surface area (Å²) in [5.41, 5.74) is 11.1. The second-order valence-corrected chi connectivity index (χ2v) is 11.1. The van der Waals surface area contributed by atoms with E-state index in [1.807, 2.05) is 35.2 Å². The molecule has 0 radical (unpaired) electrons. The largest absolute Gasteiger partial charge is 0.426 e. The summed E-state index contributed by atoms with van der Waals surface area (Å²) in [7, 11) is 0. The van der Waals surface area contributed by atoms with Gasteiger partial charge in [-0.3, -0.25) is 4.79 Å². The molecule has 42 heavy (non-hydrogen) atoms. The molecule has 10 heteroatoms. The maximum atomic E-state index is 13.1. The number of nitrogens with two attached hydrogens (primary N) is 1. The van der Waals surface area contributed by atoms with Gasteiger partial charge in [-0.2, -0.15) is 0 Å². The summed E-state index contributed by atoms with van der Waals surface area (Å²) < 4.78 is 0. The van der Waals surface area contributed by atoms with Crippen molar-refractivity contribution in [3.8, 4) is 0 Å². The number of nitrogens with zero attached hydrogens (tertiary/aromatic N) is 2. The highest BCUT2D eigenvalue weighted by Crippen LogP contribution is 2.24. The zero-order chi connectivity index (χ0) is 29.9. The van der Waals surface area contributed by atoms with Gasteiger partial charge in [-0.15, -0.1) is 5.06 Å². The first-order chi connectivity index (χ1) is 20.4. The Balaban J connectivity index is 1.32. The van der Waals surface area contributed by atoms with Crippen molar-refractivity contribution >= 4 is 23.7 Å². The van der Waals surface area contributed by atoms with Crippen molar-refractivity contribution in [3.63, 3.8) is 0 Å². The van der Waals surface area contributed by atoms with E-state index in [0.717, 1.165) is 48.9 Å². The Morgan fingerprint density at radius 2 is 1.81 bits per heavy atom. The van der Waals surface area contributed by atoms with Crippen LogP contribution in [0.4, 0.5) is 15.3 Å². The maximum absolute atomic E-state index is 13.1. The Hall–Kier alpha value is -3.63. The normalized spacial score (nSPS) is 16.6. The third-order valence-corrected chi connectivity index (χ3v) is 8.23. The Labute approximate surface area is 249 Å². The molecule has 2 heterocycles. The van der Waals surface area contributed by atoms with Crippen LogP contribution in [0.1, 0.15) is 61.8 Å². The first-order valence-electron chi connectivity index (χ1n) is 15.4. The van der Waals surface area contributed by atoms with E-state index in [9.17, 15) is 14.4 Å². The van der Waals surface area contributed by atoms with Crippen molar-refractivity contribution in [1.29, 1.82) is 0 Å². The SMILES string of the molecule is CCc1ccc(C[C@@H](NC(=O)ON2CCC(N3CCc4ccccc4NC3=O)CC2)C(=O)NCCCCN)cc1CC. The van der Waals surface area contributed by atoms with Crippen molar-refractivity contribution in [2.45, 2.75) is 77.3 Å². The fourth-order valence-corrected chi connectivity index (χ4v) is 5.80. The van der Waals surface area contributed by atoms with Gasteiger partial charge in [0.25, 0.3) is 0 Å². The molecule has 1 fully saturated rings. The molecule has 228 valence electrons. The molecule has 2 aliphatic rings. The Morgan fingerprint density at radius 3 is 2.55 bits per heavy atom. The predicted molar refractivity (Wildman–Crippen MR) is 164 cm³/mol. The standard InChI is InChI=1S/C32H46N6O4/c1-3-24-12-11-23(21-25(24)4-2)22-29(30(39)34-17-8-7-16-33)36-32(41)42-37-18-14-27(15-19-37)38-20-13-26-9-5-6-10-28(26)35-31(38)40/h5-6,9-12,21,27,29H,3-4,7-8,13-20,22,33H2,1-2H3,(H,34,39)(H,35,40)(H,36,41)/t29-/m1/s1. The average Bonchev–Trinajstić information content (AvgIpc) is 3.17. The van der Waals surface area contributed by atoms with E-state index >= 15 is 0 Å². The van der Waals surface area contributed by atoms with Gasteiger partial charge in [0.2, 0.25) is 5.91 Å². The number of rotatable bonds is 12. The van der Waals surface area contributed by atoms with E-state index in [1.165, 1.54) is 11.1 Å². The highest BCUT2D eigenvalue weighted by molar-refractivity contribution is 5.91. The minimum Gasteiger partial charge on any atom is -0.354 e. The second-order valence-electron chi connectivity index (χ2n) is 11.1. The molecular formula is C32H46N6O4. The van der Waals surface area contributed by atoms with Crippen molar-refractivity contribution < 1.29 is 19.2 Å². The molecule has 4 amide bonds. The number of hydrogen-bond donors (Lipinski definition) is 4. The lowest BCUT2D eigenvalue weighted by Crippen LogP contribution is -2.52. The Morgan fingerprint density at radius 1 is 1.05 bits per heavy atom. The molecule has 1 atom stereocenters. The number of nitrogens with one attached hydrogen (secondary N) is 3. The van der Waals surface area contributed by atoms with Crippen LogP contribution >= 0.6 is 0 Å². The second kappa shape index (κ2) is 15.6. The monoisotopic (exact) mass is 578 g/mol. The van der Waals surface area contributed by atoms with Crippen LogP contribution in [0.15, 0.2) is 42.5 Å². The summed E-state index contributed by atoms with van der Waals surface area (Å²) in [6.07, 6.45) is 5.34. The van der Waals surface area contributed by atoms with Crippen LogP contribution < -0.4 is 21.7 Å². The average molecular weight is 579 g/mol. The number of benzene rings is 2. The van der Waals surface area contributed by atoms with Gasteiger partial charge in [0.05, 0.1) is 0 Å². The van der Waals surface area contributed by atoms with E-state index in [-0.39, 0.29) is 18.0 Å². The number of amides is 4. The van der Waals surface area contributed by atoms with Crippen molar-refractivity contribution in [2.24, 2.45) is 5.73 Å². The first-order valence-corrected chi connectivity index (χ1v) is 15.4. The topological polar surface area (TPSA) is 129 Å². The molecule has 0 aliphatic carbocycles. The van der Waals surface area contributed by atoms with Crippen molar-refractivity contribution in [1.82, 2.24) is 20.6 Å². The maximum Gasteiger partial charge on any atom is 0.426 e. The molecule has 0 bridgehead atoms. The molecule has 2 aromatic carbocycles. The number of fused-ring (bicyclic) bond motifs is 1. The van der Waals surface area contributed by atoms with Crippen LogP contribution in [-0.2, 0) is 35.3 Å². The third-order valence-electron chi connectivity index (χ3n) is 8.23. The lowest BCUT2D eigenvalue weighted by Gasteiger charge is -2.37. The predicted octanol–water partition coefficient (Wildman–Crippen LogP) is 3.77. The fourth-order valence-electron chi connectivity index (χ4n) is 5.80. The van der Waals surface area contributed by atoms with Gasteiger partial charge in [-0.25, -0.2) is 9.59 Å². The quantitative estimate of drug-likeness (QED) is 0.284. The van der Waals surface area contributed by atoms with Gasteiger partial charge in [0, 0.05) is 44.3 Å². The fraction of sp³-hybridized carbons (Fsp3) is 0.531. The van der Waals surface area contributed by atoms with E-state index < -0.39 is 12.1 Å². The molecule has 10 nitrogen and oxygen atoms in total. The number of hydroxylamine groups is 2. The lowest BCUT2D eigenvalue weighted by molar-refractivity contribution is -0.127. The summed E-state index contributed by atoms with van der Waals surface area (Å²) in [5.74, 6) is -0.242. The lowest BCUT2D eigenvalue weighted by atomic mass is 9.96.